The van der Waals surface area contributed by atoms with Crippen molar-refractivity contribution < 1.29 is 8.42 Å². The Morgan fingerprint density at radius 3 is 2.50 bits per heavy atom. The summed E-state index contributed by atoms with van der Waals surface area (Å²) in [5.41, 5.74) is 1.89. The lowest BCUT2D eigenvalue weighted by molar-refractivity contribution is 0.194. The number of hydrogen-bond donors (Lipinski definition) is 1. The number of halogens is 1. The van der Waals surface area contributed by atoms with Gasteiger partial charge in [-0.3, -0.25) is 9.88 Å². The van der Waals surface area contributed by atoms with Gasteiger partial charge in [0.2, 0.25) is 10.0 Å². The topological polar surface area (TPSA) is 78.4 Å². The van der Waals surface area contributed by atoms with Crippen LogP contribution in [0.3, 0.4) is 0 Å². The Morgan fingerprint density at radius 2 is 1.77 bits per heavy atom. The van der Waals surface area contributed by atoms with Gasteiger partial charge < -0.3 is 5.32 Å². The normalized spacial score (nSPS) is 16.1. The van der Waals surface area contributed by atoms with Crippen LogP contribution in [0.5, 0.6) is 0 Å². The van der Waals surface area contributed by atoms with Crippen LogP contribution in [0.1, 0.15) is 5.69 Å². The molecule has 3 heterocycles. The van der Waals surface area contributed by atoms with Gasteiger partial charge in [-0.15, -0.1) is 0 Å². The molecule has 3 aromatic rings. The quantitative estimate of drug-likeness (QED) is 0.628. The second-order valence-electron chi connectivity index (χ2n) is 7.29. The molecule has 0 bridgehead atoms. The lowest BCUT2D eigenvalue weighted by atomic mass is 10.2. The molecule has 0 atom stereocenters. The zero-order valence-corrected chi connectivity index (χ0v) is 18.3. The molecule has 1 fully saturated rings. The van der Waals surface area contributed by atoms with Gasteiger partial charge in [0.05, 0.1) is 10.4 Å². The van der Waals surface area contributed by atoms with Gasteiger partial charge in [0.25, 0.3) is 0 Å². The van der Waals surface area contributed by atoms with Gasteiger partial charge in [-0.05, 0) is 49.4 Å². The number of nitrogens with zero attached hydrogens (tertiary/aromatic N) is 4. The van der Waals surface area contributed by atoms with Gasteiger partial charge in [0.1, 0.15) is 5.82 Å². The van der Waals surface area contributed by atoms with Crippen molar-refractivity contribution in [3.05, 3.63) is 59.4 Å². The molecule has 2 aromatic heterocycles. The van der Waals surface area contributed by atoms with E-state index in [4.69, 9.17) is 11.6 Å². The van der Waals surface area contributed by atoms with Crippen molar-refractivity contribution >= 4 is 38.3 Å². The first kappa shape index (κ1) is 21.0. The number of aromatic nitrogens is 2. The van der Waals surface area contributed by atoms with Crippen molar-refractivity contribution in [2.75, 3.05) is 44.6 Å². The van der Waals surface area contributed by atoms with Crippen LogP contribution in [0.15, 0.2) is 53.6 Å². The molecule has 1 aromatic carbocycles. The number of nitrogens with one attached hydrogen (secondary N) is 1. The van der Waals surface area contributed by atoms with Gasteiger partial charge in [-0.2, -0.15) is 4.31 Å². The molecule has 1 saturated heterocycles. The summed E-state index contributed by atoms with van der Waals surface area (Å²) in [5.74, 6) is 0.831. The van der Waals surface area contributed by atoms with Crippen LogP contribution in [0.4, 0.5) is 5.82 Å². The highest BCUT2D eigenvalue weighted by Crippen LogP contribution is 2.20. The van der Waals surface area contributed by atoms with Crippen molar-refractivity contribution in [2.45, 2.75) is 11.8 Å². The molecular weight excluding hydrogens is 422 g/mol. The highest BCUT2D eigenvalue weighted by atomic mass is 35.5. The highest BCUT2D eigenvalue weighted by Gasteiger charge is 2.28. The SMILES string of the molecule is Cc1nccc2nc(NCCN3CCN(S(=O)(=O)c4ccc(Cl)cc4)CC3)ccc12. The van der Waals surface area contributed by atoms with Gasteiger partial charge in [-0.1, -0.05) is 11.6 Å². The van der Waals surface area contributed by atoms with E-state index in [1.165, 1.54) is 0 Å². The summed E-state index contributed by atoms with van der Waals surface area (Å²) in [5, 5.41) is 4.94. The Bertz CT molecular complexity index is 1130. The third-order valence-electron chi connectivity index (χ3n) is 5.33. The fourth-order valence-corrected chi connectivity index (χ4v) is 5.13. The number of sulfonamides is 1. The third kappa shape index (κ3) is 4.57. The first-order chi connectivity index (χ1) is 14.4. The lowest BCUT2D eigenvalue weighted by Crippen LogP contribution is -2.49. The summed E-state index contributed by atoms with van der Waals surface area (Å²) in [6.07, 6.45) is 1.77. The van der Waals surface area contributed by atoms with E-state index < -0.39 is 10.0 Å². The van der Waals surface area contributed by atoms with E-state index in [-0.39, 0.29) is 4.90 Å². The van der Waals surface area contributed by atoms with Crippen LogP contribution < -0.4 is 5.32 Å². The molecule has 1 aliphatic heterocycles. The Labute approximate surface area is 181 Å². The summed E-state index contributed by atoms with van der Waals surface area (Å²) in [7, 11) is -3.47. The van der Waals surface area contributed by atoms with E-state index in [9.17, 15) is 8.42 Å². The number of pyridine rings is 2. The van der Waals surface area contributed by atoms with E-state index in [1.807, 2.05) is 25.1 Å². The van der Waals surface area contributed by atoms with Crippen molar-refractivity contribution in [3.8, 4) is 0 Å². The summed E-state index contributed by atoms with van der Waals surface area (Å²) in [6, 6.07) is 12.2. The Hall–Kier alpha value is -2.26. The van der Waals surface area contributed by atoms with Crippen LogP contribution in [-0.2, 0) is 10.0 Å². The standard InChI is InChI=1S/C21H24ClN5O2S/c1-16-19-6-7-21(25-20(19)8-9-23-16)24-10-11-26-12-14-27(15-13-26)30(28,29)18-4-2-17(22)3-5-18/h2-9H,10-15H2,1H3,(H,24,25). The number of fused-ring (bicyclic) bond motifs is 1. The number of benzene rings is 1. The Kier molecular flexibility index (Phi) is 6.19. The number of aryl methyl sites for hydroxylation is 1. The zero-order valence-electron chi connectivity index (χ0n) is 16.8. The third-order valence-corrected chi connectivity index (χ3v) is 7.50. The van der Waals surface area contributed by atoms with Gasteiger partial charge in [0.15, 0.2) is 0 Å². The molecule has 0 saturated carbocycles. The molecule has 30 heavy (non-hydrogen) atoms. The molecule has 1 N–H and O–H groups in total. The van der Waals surface area contributed by atoms with Crippen LogP contribution in [0.2, 0.25) is 5.02 Å². The highest BCUT2D eigenvalue weighted by molar-refractivity contribution is 7.89. The Morgan fingerprint density at radius 1 is 1.03 bits per heavy atom. The van der Waals surface area contributed by atoms with E-state index in [0.717, 1.165) is 35.5 Å². The summed E-state index contributed by atoms with van der Waals surface area (Å²) in [6.45, 7) is 5.90. The van der Waals surface area contributed by atoms with Crippen molar-refractivity contribution in [1.29, 1.82) is 0 Å². The molecule has 0 amide bonds. The fraction of sp³-hybridized carbons (Fsp3) is 0.333. The van der Waals surface area contributed by atoms with E-state index >= 15 is 0 Å². The molecule has 7 nitrogen and oxygen atoms in total. The molecule has 158 valence electrons. The molecule has 0 radical (unpaired) electrons. The lowest BCUT2D eigenvalue weighted by Gasteiger charge is -2.34. The largest absolute Gasteiger partial charge is 0.369 e. The number of piperazine rings is 1. The molecule has 9 heteroatoms. The summed E-state index contributed by atoms with van der Waals surface area (Å²) >= 11 is 5.87. The van der Waals surface area contributed by atoms with Crippen molar-refractivity contribution in [1.82, 2.24) is 19.2 Å². The first-order valence-corrected chi connectivity index (χ1v) is 11.7. The average Bonchev–Trinajstić information content (AvgIpc) is 2.75. The number of anilines is 1. The maximum atomic E-state index is 12.8. The van der Waals surface area contributed by atoms with Crippen molar-refractivity contribution in [3.63, 3.8) is 0 Å². The summed E-state index contributed by atoms with van der Waals surface area (Å²) < 4.78 is 27.1. The van der Waals surface area contributed by atoms with Crippen LogP contribution >= 0.6 is 11.6 Å². The molecule has 4 rings (SSSR count). The fourth-order valence-electron chi connectivity index (χ4n) is 3.59. The molecular formula is C21H24ClN5O2S. The second-order valence-corrected chi connectivity index (χ2v) is 9.66. The minimum atomic E-state index is -3.47. The zero-order chi connectivity index (χ0) is 21.1. The average molecular weight is 446 g/mol. The first-order valence-electron chi connectivity index (χ1n) is 9.88. The van der Waals surface area contributed by atoms with E-state index in [0.29, 0.717) is 31.2 Å². The second kappa shape index (κ2) is 8.85. The minimum Gasteiger partial charge on any atom is -0.369 e. The van der Waals surface area contributed by atoms with Crippen LogP contribution in [0, 0.1) is 6.92 Å². The number of rotatable bonds is 6. The molecule has 0 unspecified atom stereocenters. The minimum absolute atomic E-state index is 0.287. The van der Waals surface area contributed by atoms with Crippen LogP contribution in [0.25, 0.3) is 10.9 Å². The predicted octanol–water partition coefficient (Wildman–Crippen LogP) is 3.01. The van der Waals surface area contributed by atoms with Gasteiger partial charge in [-0.25, -0.2) is 13.4 Å². The van der Waals surface area contributed by atoms with E-state index in [2.05, 4.69) is 20.2 Å². The maximum absolute atomic E-state index is 12.8. The monoisotopic (exact) mass is 445 g/mol. The molecule has 0 spiro atoms. The summed E-state index contributed by atoms with van der Waals surface area (Å²) in [4.78, 5) is 11.5. The van der Waals surface area contributed by atoms with Gasteiger partial charge >= 0.3 is 0 Å². The maximum Gasteiger partial charge on any atom is 0.243 e. The Balaban J connectivity index is 1.28. The molecule has 1 aliphatic rings. The number of hydrogen-bond acceptors (Lipinski definition) is 6. The van der Waals surface area contributed by atoms with E-state index in [1.54, 1.807) is 34.8 Å². The van der Waals surface area contributed by atoms with Crippen LogP contribution in [-0.4, -0.2) is 66.9 Å². The van der Waals surface area contributed by atoms with Crippen molar-refractivity contribution in [2.24, 2.45) is 0 Å². The smallest absolute Gasteiger partial charge is 0.243 e. The molecule has 0 aliphatic carbocycles. The predicted molar refractivity (Wildman–Crippen MR) is 119 cm³/mol. The van der Waals surface area contributed by atoms with Gasteiger partial charge in [0, 0.05) is 61.6 Å².